The van der Waals surface area contributed by atoms with Gasteiger partial charge in [0.25, 0.3) is 0 Å². The van der Waals surface area contributed by atoms with Gasteiger partial charge >= 0.3 is 5.97 Å². The number of carbonyl (C=O) groups excluding carboxylic acids is 4. The van der Waals surface area contributed by atoms with Crippen molar-refractivity contribution in [3.63, 3.8) is 0 Å². The normalized spacial score (nSPS) is 17.9. The van der Waals surface area contributed by atoms with Crippen molar-refractivity contribution >= 4 is 35.3 Å². The highest BCUT2D eigenvalue weighted by molar-refractivity contribution is 6.30. The molecule has 4 N–H and O–H groups in total. The van der Waals surface area contributed by atoms with Crippen molar-refractivity contribution in [1.82, 2.24) is 15.5 Å². The number of carbonyl (C=O) groups is 4. The summed E-state index contributed by atoms with van der Waals surface area (Å²) in [4.78, 5) is 55.8. The van der Waals surface area contributed by atoms with Gasteiger partial charge in [0, 0.05) is 18.0 Å². The molecule has 3 aromatic carbocycles. The van der Waals surface area contributed by atoms with Crippen LogP contribution in [0, 0.1) is 5.41 Å². The van der Waals surface area contributed by atoms with E-state index in [0.717, 1.165) is 23.1 Å². The molecule has 11 heteroatoms. The molecule has 0 saturated carbocycles. The average Bonchev–Trinajstić information content (AvgIpc) is 3.60. The van der Waals surface area contributed by atoms with E-state index in [-0.39, 0.29) is 37.3 Å². The number of nitrogens with zero attached hydrogens (tertiary/aromatic N) is 1. The summed E-state index contributed by atoms with van der Waals surface area (Å²) in [6.45, 7) is 5.83. The van der Waals surface area contributed by atoms with Crippen LogP contribution in [0.2, 0.25) is 5.02 Å². The maximum Gasteiger partial charge on any atom is 0.328 e. The first-order chi connectivity index (χ1) is 24.4. The zero-order chi connectivity index (χ0) is 37.0. The number of likely N-dealkylation sites (tertiary alicyclic amines) is 1. The lowest BCUT2D eigenvalue weighted by Gasteiger charge is -2.32. The molecule has 1 saturated heterocycles. The fraction of sp³-hybridized carbons (Fsp3) is 0.400. The van der Waals surface area contributed by atoms with Crippen molar-refractivity contribution in [3.8, 4) is 0 Å². The number of rotatable bonds is 16. The van der Waals surface area contributed by atoms with E-state index in [4.69, 9.17) is 26.8 Å². The van der Waals surface area contributed by atoms with Gasteiger partial charge in [-0.2, -0.15) is 0 Å². The largest absolute Gasteiger partial charge is 0.467 e. The molecule has 0 bridgehead atoms. The van der Waals surface area contributed by atoms with Gasteiger partial charge in [0.1, 0.15) is 12.1 Å². The maximum atomic E-state index is 14.2. The van der Waals surface area contributed by atoms with E-state index in [2.05, 4.69) is 10.6 Å². The van der Waals surface area contributed by atoms with Gasteiger partial charge in [-0.1, -0.05) is 96.5 Å². The zero-order valence-electron chi connectivity index (χ0n) is 29.7. The molecule has 1 aliphatic rings. The van der Waals surface area contributed by atoms with Crippen LogP contribution in [-0.2, 0) is 48.1 Å². The van der Waals surface area contributed by atoms with Gasteiger partial charge in [-0.15, -0.1) is 0 Å². The fourth-order valence-corrected chi connectivity index (χ4v) is 6.34. The van der Waals surface area contributed by atoms with E-state index < -0.39 is 41.5 Å². The molecule has 3 aromatic rings. The molecule has 1 heterocycles. The lowest BCUT2D eigenvalue weighted by atomic mass is 9.81. The Hall–Kier alpha value is -4.51. The number of ether oxygens (including phenoxy) is 2. The highest BCUT2D eigenvalue weighted by atomic mass is 35.5. The number of halogens is 1. The fourth-order valence-electron chi connectivity index (χ4n) is 6.13. The average molecular weight is 717 g/mol. The molecule has 1 aliphatic heterocycles. The van der Waals surface area contributed by atoms with Crippen molar-refractivity contribution < 1.29 is 28.7 Å². The molecule has 10 nitrogen and oxygen atoms in total. The van der Waals surface area contributed by atoms with E-state index in [1.165, 1.54) is 7.11 Å². The third kappa shape index (κ3) is 11.2. The van der Waals surface area contributed by atoms with Gasteiger partial charge in [0.15, 0.2) is 0 Å². The number of nitrogens with two attached hydrogens (primary N) is 1. The Labute approximate surface area is 305 Å². The molecule has 3 amide bonds. The second-order valence-corrected chi connectivity index (χ2v) is 13.8. The molecule has 0 aromatic heterocycles. The van der Waals surface area contributed by atoms with Crippen LogP contribution in [0.5, 0.6) is 0 Å². The number of hydrogen-bond acceptors (Lipinski definition) is 7. The third-order valence-electron chi connectivity index (χ3n) is 9.12. The van der Waals surface area contributed by atoms with Crippen LogP contribution in [0.1, 0.15) is 50.3 Å². The summed E-state index contributed by atoms with van der Waals surface area (Å²) in [6, 6.07) is 23.2. The number of amides is 3. The monoisotopic (exact) mass is 716 g/mol. The second-order valence-electron chi connectivity index (χ2n) is 13.3. The van der Waals surface area contributed by atoms with Gasteiger partial charge in [0.05, 0.1) is 37.3 Å². The van der Waals surface area contributed by atoms with Gasteiger partial charge in [-0.25, -0.2) is 4.79 Å². The summed E-state index contributed by atoms with van der Waals surface area (Å²) in [5.41, 5.74) is 7.34. The third-order valence-corrected chi connectivity index (χ3v) is 9.36. The number of hydrogen-bond donors (Lipinski definition) is 3. The smallest absolute Gasteiger partial charge is 0.328 e. The molecule has 0 radical (unpaired) electrons. The number of esters is 1. The maximum absolute atomic E-state index is 14.2. The van der Waals surface area contributed by atoms with Gasteiger partial charge in [-0.05, 0) is 68.9 Å². The summed E-state index contributed by atoms with van der Waals surface area (Å²) in [5, 5.41) is 6.29. The molecule has 272 valence electrons. The Morgan fingerprint density at radius 2 is 1.61 bits per heavy atom. The summed E-state index contributed by atoms with van der Waals surface area (Å²) in [7, 11) is 1.29. The molecule has 51 heavy (non-hydrogen) atoms. The molecule has 0 unspecified atom stereocenters. The van der Waals surface area contributed by atoms with E-state index in [0.29, 0.717) is 18.0 Å². The van der Waals surface area contributed by atoms with E-state index in [9.17, 15) is 19.2 Å². The molecule has 0 aliphatic carbocycles. The minimum atomic E-state index is -1.15. The van der Waals surface area contributed by atoms with Crippen molar-refractivity contribution in [2.75, 3.05) is 13.7 Å². The van der Waals surface area contributed by atoms with Gasteiger partial charge in [-0.3, -0.25) is 14.4 Å². The van der Waals surface area contributed by atoms with Crippen LogP contribution >= 0.6 is 11.6 Å². The minimum absolute atomic E-state index is 0.250. The second kappa shape index (κ2) is 18.6. The van der Waals surface area contributed by atoms with E-state index >= 15 is 0 Å². The summed E-state index contributed by atoms with van der Waals surface area (Å²) < 4.78 is 11.2. The Bertz CT molecular complexity index is 1650. The summed E-state index contributed by atoms with van der Waals surface area (Å²) >= 11 is 6.32. The number of methoxy groups -OCH3 is 1. The standard InChI is InChI=1S/C40H49ClN4O6/c1-27(42)36(46)44-35(28(2)51-26-30-15-9-6-10-16-30)37(47)45-22-12-19-33(45)20-21-40(3,25-31-17-11-18-32(41)23-31)39(49)43-34(38(48)50-4)24-29-13-7-5-8-14-29/h5-11,13-18,20-21,23,27-28,33-35H,12,19,22,24-26,42H2,1-4H3,(H,43,49)(H,44,46)/t27-,28+,33-,34-,35-,40-/m0/s1. The van der Waals surface area contributed by atoms with Crippen molar-refractivity contribution in [1.29, 1.82) is 0 Å². The molecule has 1 fully saturated rings. The van der Waals surface area contributed by atoms with Crippen molar-refractivity contribution in [2.24, 2.45) is 11.1 Å². The summed E-state index contributed by atoms with van der Waals surface area (Å²) in [6.07, 6.45) is 4.92. The minimum Gasteiger partial charge on any atom is -0.467 e. The first-order valence-electron chi connectivity index (χ1n) is 17.3. The van der Waals surface area contributed by atoms with E-state index in [1.54, 1.807) is 43.9 Å². The zero-order valence-corrected chi connectivity index (χ0v) is 30.5. The van der Waals surface area contributed by atoms with Crippen LogP contribution < -0.4 is 16.4 Å². The quantitative estimate of drug-likeness (QED) is 0.143. The van der Waals surface area contributed by atoms with E-state index in [1.807, 2.05) is 78.9 Å². The topological polar surface area (TPSA) is 140 Å². The van der Waals surface area contributed by atoms with Crippen LogP contribution in [0.4, 0.5) is 0 Å². The van der Waals surface area contributed by atoms with Crippen LogP contribution in [0.3, 0.4) is 0 Å². The lowest BCUT2D eigenvalue weighted by molar-refractivity contribution is -0.146. The number of nitrogens with one attached hydrogen (secondary N) is 2. The Morgan fingerprint density at radius 3 is 2.24 bits per heavy atom. The highest BCUT2D eigenvalue weighted by Crippen LogP contribution is 2.29. The van der Waals surface area contributed by atoms with Gasteiger partial charge < -0.3 is 30.7 Å². The molecular weight excluding hydrogens is 668 g/mol. The Balaban J connectivity index is 1.59. The highest BCUT2D eigenvalue weighted by Gasteiger charge is 2.39. The SMILES string of the molecule is COC(=O)[C@H](Cc1ccccc1)NC(=O)[C@@](C)(C=C[C@@H]1CCCN1C(=O)[C@@H](NC(=O)[C@H](C)N)[C@@H](C)OCc1ccccc1)Cc1cccc(Cl)c1. The first kappa shape index (κ1) is 39.3. The Kier molecular flexibility index (Phi) is 14.4. The van der Waals surface area contributed by atoms with Crippen molar-refractivity contribution in [2.45, 2.75) is 83.3 Å². The predicted octanol–water partition coefficient (Wildman–Crippen LogP) is 4.77. The molecule has 0 spiro atoms. The van der Waals surface area contributed by atoms with Crippen molar-refractivity contribution in [3.05, 3.63) is 119 Å². The van der Waals surface area contributed by atoms with Crippen LogP contribution in [0.15, 0.2) is 97.1 Å². The van der Waals surface area contributed by atoms with Crippen LogP contribution in [-0.4, -0.2) is 72.5 Å². The Morgan fingerprint density at radius 1 is 0.961 bits per heavy atom. The summed E-state index contributed by atoms with van der Waals surface area (Å²) in [5.74, 6) is -1.70. The first-order valence-corrected chi connectivity index (χ1v) is 17.7. The molecule has 6 atom stereocenters. The number of benzene rings is 3. The molecule has 4 rings (SSSR count). The lowest BCUT2D eigenvalue weighted by Crippen LogP contribution is -2.57. The van der Waals surface area contributed by atoms with Crippen LogP contribution in [0.25, 0.3) is 0 Å². The molecular formula is C40H49ClN4O6. The van der Waals surface area contributed by atoms with Gasteiger partial charge in [0.2, 0.25) is 17.7 Å². The predicted molar refractivity (Wildman–Crippen MR) is 198 cm³/mol.